The minimum absolute atomic E-state index is 0.00704. The van der Waals surface area contributed by atoms with E-state index in [1.165, 1.54) is 11.1 Å². The quantitative estimate of drug-likeness (QED) is 0.0700. The van der Waals surface area contributed by atoms with Gasteiger partial charge >= 0.3 is 11.9 Å². The molecule has 0 saturated heterocycles. The zero-order valence-electron chi connectivity index (χ0n) is 28.8. The first kappa shape index (κ1) is 37.6. The second-order valence-electron chi connectivity index (χ2n) is 12.2. The lowest BCUT2D eigenvalue weighted by molar-refractivity contribution is -0.147. The Morgan fingerprint density at radius 1 is 0.420 bits per heavy atom. The number of aryl methyl sites for hydroxylation is 2. The molecule has 0 aliphatic heterocycles. The Hall–Kier alpha value is -5.24. The molecule has 50 heavy (non-hydrogen) atoms. The second kappa shape index (κ2) is 21.7. The topological polar surface area (TPSA) is 93.2 Å². The monoisotopic (exact) mass is 676 g/mol. The average molecular weight is 677 g/mol. The molecule has 0 saturated carbocycles. The van der Waals surface area contributed by atoms with Crippen molar-refractivity contribution in [1.82, 2.24) is 9.80 Å². The molecule has 0 unspecified atom stereocenters. The van der Waals surface area contributed by atoms with Crippen molar-refractivity contribution in [3.05, 3.63) is 144 Å². The highest BCUT2D eigenvalue weighted by Crippen LogP contribution is 2.13. The summed E-state index contributed by atoms with van der Waals surface area (Å²) in [5.74, 6) is -1.19. The summed E-state index contributed by atoms with van der Waals surface area (Å²) in [7, 11) is 0. The van der Waals surface area contributed by atoms with Crippen molar-refractivity contribution >= 4 is 23.8 Å². The number of nitrogens with zero attached hydrogens (tertiary/aromatic N) is 2. The van der Waals surface area contributed by atoms with Crippen LogP contribution >= 0.6 is 0 Å². The van der Waals surface area contributed by atoms with Crippen LogP contribution in [0.2, 0.25) is 0 Å². The van der Waals surface area contributed by atoms with Crippen LogP contribution in [0.3, 0.4) is 0 Å². The van der Waals surface area contributed by atoms with Crippen molar-refractivity contribution in [2.24, 2.45) is 0 Å². The van der Waals surface area contributed by atoms with E-state index in [9.17, 15) is 19.2 Å². The van der Waals surface area contributed by atoms with Crippen LogP contribution in [0.15, 0.2) is 121 Å². The Morgan fingerprint density at radius 2 is 0.740 bits per heavy atom. The maximum Gasteiger partial charge on any atom is 0.306 e. The van der Waals surface area contributed by atoms with Gasteiger partial charge in [0.1, 0.15) is 0 Å². The average Bonchev–Trinajstić information content (AvgIpc) is 3.16. The number of carbonyl (C=O) groups excluding carboxylic acids is 4. The van der Waals surface area contributed by atoms with Crippen molar-refractivity contribution < 1.29 is 28.7 Å². The summed E-state index contributed by atoms with van der Waals surface area (Å²) in [5.41, 5.74) is 4.26. The van der Waals surface area contributed by atoms with Gasteiger partial charge in [-0.3, -0.25) is 19.2 Å². The standard InChI is InChI=1S/C42H48N2O6/c45-39(25-27-41(47)49-31-13-23-35-15-5-1-6-16-35)43(33-37-19-9-3-10-20-37)29-30-44(34-38-21-11-4-12-22-38)40(46)26-28-42(48)50-32-14-24-36-17-7-2-8-18-36/h1-12,15-22H,13-14,23-34H2. The summed E-state index contributed by atoms with van der Waals surface area (Å²) in [5, 5.41) is 0. The molecule has 4 aromatic carbocycles. The van der Waals surface area contributed by atoms with Crippen LogP contribution in [-0.4, -0.2) is 59.9 Å². The number of benzene rings is 4. The van der Waals surface area contributed by atoms with Gasteiger partial charge in [-0.15, -0.1) is 0 Å². The summed E-state index contributed by atoms with van der Waals surface area (Å²) < 4.78 is 10.8. The van der Waals surface area contributed by atoms with Gasteiger partial charge in [0, 0.05) is 39.0 Å². The lowest BCUT2D eigenvalue weighted by Crippen LogP contribution is -2.40. The summed E-state index contributed by atoms with van der Waals surface area (Å²) in [6.07, 6.45) is 3.02. The number of rotatable bonds is 21. The van der Waals surface area contributed by atoms with E-state index in [2.05, 4.69) is 0 Å². The Morgan fingerprint density at radius 3 is 1.08 bits per heavy atom. The first-order valence-electron chi connectivity index (χ1n) is 17.5. The maximum absolute atomic E-state index is 13.5. The predicted molar refractivity (Wildman–Crippen MR) is 194 cm³/mol. The van der Waals surface area contributed by atoms with Crippen molar-refractivity contribution in [1.29, 1.82) is 0 Å². The van der Waals surface area contributed by atoms with Gasteiger partial charge in [0.2, 0.25) is 11.8 Å². The van der Waals surface area contributed by atoms with Gasteiger partial charge in [0.15, 0.2) is 0 Å². The molecule has 0 aliphatic carbocycles. The molecule has 0 aromatic heterocycles. The van der Waals surface area contributed by atoms with Crippen molar-refractivity contribution in [2.45, 2.75) is 64.5 Å². The summed E-state index contributed by atoms with van der Waals surface area (Å²) in [4.78, 5) is 55.3. The van der Waals surface area contributed by atoms with Gasteiger partial charge in [0.25, 0.3) is 0 Å². The number of esters is 2. The van der Waals surface area contributed by atoms with E-state index in [1.54, 1.807) is 9.80 Å². The van der Waals surface area contributed by atoms with E-state index in [-0.39, 0.29) is 50.6 Å². The molecule has 4 aromatic rings. The Kier molecular flexibility index (Phi) is 16.3. The largest absolute Gasteiger partial charge is 0.466 e. The molecular weight excluding hydrogens is 628 g/mol. The van der Waals surface area contributed by atoms with Crippen LogP contribution in [0.4, 0.5) is 0 Å². The zero-order valence-corrected chi connectivity index (χ0v) is 28.8. The molecule has 2 amide bonds. The molecule has 0 aliphatic rings. The SMILES string of the molecule is O=C(CCC(=O)N(CCN(Cc1ccccc1)C(=O)CCC(=O)OCCCc1ccccc1)Cc1ccccc1)OCCCc1ccccc1. The fourth-order valence-corrected chi connectivity index (χ4v) is 5.53. The third kappa shape index (κ3) is 14.5. The summed E-state index contributed by atoms with van der Waals surface area (Å²) in [6.45, 7) is 1.81. The third-order valence-corrected chi connectivity index (χ3v) is 8.30. The fraction of sp³-hybridized carbons (Fsp3) is 0.333. The van der Waals surface area contributed by atoms with Crippen molar-refractivity contribution in [3.63, 3.8) is 0 Å². The highest BCUT2D eigenvalue weighted by Gasteiger charge is 2.21. The molecule has 0 heterocycles. The molecule has 8 heteroatoms. The van der Waals surface area contributed by atoms with E-state index in [4.69, 9.17) is 9.47 Å². The minimum Gasteiger partial charge on any atom is -0.466 e. The number of hydrogen-bond donors (Lipinski definition) is 0. The first-order chi connectivity index (χ1) is 24.5. The van der Waals surface area contributed by atoms with Crippen LogP contribution < -0.4 is 0 Å². The molecule has 262 valence electrons. The van der Waals surface area contributed by atoms with Gasteiger partial charge in [-0.2, -0.15) is 0 Å². The second-order valence-corrected chi connectivity index (χ2v) is 12.2. The van der Waals surface area contributed by atoms with Gasteiger partial charge < -0.3 is 19.3 Å². The van der Waals surface area contributed by atoms with E-state index in [1.807, 2.05) is 121 Å². The Bertz CT molecular complexity index is 1460. The van der Waals surface area contributed by atoms with E-state index in [0.29, 0.717) is 39.1 Å². The Labute approximate surface area is 296 Å². The highest BCUT2D eigenvalue weighted by molar-refractivity contribution is 5.82. The maximum atomic E-state index is 13.5. The van der Waals surface area contributed by atoms with Crippen LogP contribution in [0.25, 0.3) is 0 Å². The van der Waals surface area contributed by atoms with E-state index in [0.717, 1.165) is 24.0 Å². The molecule has 0 N–H and O–H groups in total. The molecule has 0 radical (unpaired) electrons. The van der Waals surface area contributed by atoms with Crippen LogP contribution in [0.5, 0.6) is 0 Å². The zero-order chi connectivity index (χ0) is 35.2. The third-order valence-electron chi connectivity index (χ3n) is 8.30. The van der Waals surface area contributed by atoms with Crippen molar-refractivity contribution in [3.8, 4) is 0 Å². The van der Waals surface area contributed by atoms with Gasteiger partial charge in [-0.1, -0.05) is 121 Å². The normalized spacial score (nSPS) is 10.6. The summed E-state index contributed by atoms with van der Waals surface area (Å²) in [6, 6.07) is 39.3. The minimum atomic E-state index is -0.404. The molecule has 0 spiro atoms. The number of carbonyl (C=O) groups is 4. The molecular formula is C42H48N2O6. The lowest BCUT2D eigenvalue weighted by Gasteiger charge is -2.28. The first-order valence-corrected chi connectivity index (χ1v) is 17.5. The van der Waals surface area contributed by atoms with E-state index < -0.39 is 11.9 Å². The molecule has 0 bridgehead atoms. The predicted octanol–water partition coefficient (Wildman–Crippen LogP) is 6.96. The smallest absolute Gasteiger partial charge is 0.306 e. The van der Waals surface area contributed by atoms with Gasteiger partial charge in [0.05, 0.1) is 26.1 Å². The highest BCUT2D eigenvalue weighted by atomic mass is 16.5. The Balaban J connectivity index is 1.29. The van der Waals surface area contributed by atoms with Gasteiger partial charge in [-0.25, -0.2) is 0 Å². The fourth-order valence-electron chi connectivity index (χ4n) is 5.53. The molecule has 8 nitrogen and oxygen atoms in total. The van der Waals surface area contributed by atoms with Gasteiger partial charge in [-0.05, 0) is 47.9 Å². The summed E-state index contributed by atoms with van der Waals surface area (Å²) >= 11 is 0. The lowest BCUT2D eigenvalue weighted by atomic mass is 10.1. The number of hydrogen-bond acceptors (Lipinski definition) is 6. The number of ether oxygens (including phenoxy) is 2. The van der Waals surface area contributed by atoms with E-state index >= 15 is 0 Å². The molecule has 4 rings (SSSR count). The van der Waals surface area contributed by atoms with Crippen molar-refractivity contribution in [2.75, 3.05) is 26.3 Å². The number of amides is 2. The molecule has 0 atom stereocenters. The van der Waals surface area contributed by atoms with Crippen LogP contribution in [0, 0.1) is 0 Å². The van der Waals surface area contributed by atoms with Crippen LogP contribution in [0.1, 0.15) is 60.8 Å². The molecule has 0 fully saturated rings. The van der Waals surface area contributed by atoms with Crippen LogP contribution in [-0.2, 0) is 54.6 Å².